The molecule has 1 amide bonds. The fraction of sp³-hybridized carbons (Fsp3) is 0.350. The molecule has 1 atom stereocenters. The Bertz CT molecular complexity index is 879. The number of carbonyl (C=O) groups is 1. The Morgan fingerprint density at radius 3 is 2.30 bits per heavy atom. The highest BCUT2D eigenvalue weighted by molar-refractivity contribution is 7.92. The number of hydrogen-bond donors (Lipinski definition) is 1. The maximum absolute atomic E-state index is 12.8. The van der Waals surface area contributed by atoms with Crippen LogP contribution in [0.5, 0.6) is 5.75 Å². The Labute approximate surface area is 161 Å². The van der Waals surface area contributed by atoms with Crippen LogP contribution >= 0.6 is 0 Å². The van der Waals surface area contributed by atoms with Gasteiger partial charge in [0.05, 0.1) is 24.2 Å². The van der Waals surface area contributed by atoms with E-state index in [9.17, 15) is 13.2 Å². The molecule has 27 heavy (non-hydrogen) atoms. The quantitative estimate of drug-likeness (QED) is 0.749. The Hall–Kier alpha value is -2.54. The van der Waals surface area contributed by atoms with Gasteiger partial charge in [-0.1, -0.05) is 31.2 Å². The lowest BCUT2D eigenvalue weighted by Gasteiger charge is -2.28. The molecule has 2 aromatic rings. The fourth-order valence-corrected chi connectivity index (χ4v) is 3.95. The third kappa shape index (κ3) is 5.23. The summed E-state index contributed by atoms with van der Waals surface area (Å²) >= 11 is 0. The third-order valence-electron chi connectivity index (χ3n) is 4.13. The van der Waals surface area contributed by atoms with Crippen LogP contribution in [-0.4, -0.2) is 33.2 Å². The molecule has 1 unspecified atom stereocenters. The number of benzene rings is 2. The van der Waals surface area contributed by atoms with Crippen molar-refractivity contribution in [2.24, 2.45) is 0 Å². The second kappa shape index (κ2) is 8.90. The number of nitrogens with one attached hydrogen (secondary N) is 1. The molecule has 0 saturated carbocycles. The highest BCUT2D eigenvalue weighted by Gasteiger charge is 2.29. The maximum atomic E-state index is 12.8. The highest BCUT2D eigenvalue weighted by Crippen LogP contribution is 2.26. The largest absolute Gasteiger partial charge is 0.492 e. The Morgan fingerprint density at radius 1 is 1.11 bits per heavy atom. The molecule has 7 heteroatoms. The van der Waals surface area contributed by atoms with Gasteiger partial charge in [0.25, 0.3) is 0 Å². The Morgan fingerprint density at radius 2 is 1.74 bits per heavy atom. The van der Waals surface area contributed by atoms with Crippen LogP contribution in [0.15, 0.2) is 48.5 Å². The average Bonchev–Trinajstić information content (AvgIpc) is 2.63. The van der Waals surface area contributed by atoms with E-state index in [-0.39, 0.29) is 0 Å². The molecular formula is C20H26N2O4S. The first-order valence-electron chi connectivity index (χ1n) is 8.89. The van der Waals surface area contributed by atoms with Crippen molar-refractivity contribution in [1.29, 1.82) is 0 Å². The van der Waals surface area contributed by atoms with E-state index in [0.717, 1.165) is 22.5 Å². The molecule has 0 aromatic heterocycles. The summed E-state index contributed by atoms with van der Waals surface area (Å²) in [5.41, 5.74) is 2.05. The number of hydrogen-bond acceptors (Lipinski definition) is 4. The van der Waals surface area contributed by atoms with E-state index < -0.39 is 22.0 Å². The summed E-state index contributed by atoms with van der Waals surface area (Å²) < 4.78 is 31.4. The number of para-hydroxylation sites is 2. The van der Waals surface area contributed by atoms with Crippen molar-refractivity contribution in [3.8, 4) is 5.75 Å². The number of amides is 1. The van der Waals surface area contributed by atoms with Gasteiger partial charge in [-0.15, -0.1) is 0 Å². The molecule has 146 valence electrons. The number of sulfonamides is 1. The Balaban J connectivity index is 2.30. The summed E-state index contributed by atoms with van der Waals surface area (Å²) in [6.07, 6.45) is 1.95. The predicted octanol–water partition coefficient (Wildman–Crippen LogP) is 3.44. The first-order valence-corrected chi connectivity index (χ1v) is 10.7. The lowest BCUT2D eigenvalue weighted by atomic mass is 10.1. The first kappa shape index (κ1) is 20.8. The molecule has 0 aliphatic rings. The predicted molar refractivity (Wildman–Crippen MR) is 109 cm³/mol. The Kier molecular flexibility index (Phi) is 6.85. The van der Waals surface area contributed by atoms with Gasteiger partial charge in [-0.25, -0.2) is 8.42 Å². The van der Waals surface area contributed by atoms with Crippen molar-refractivity contribution >= 4 is 27.3 Å². The van der Waals surface area contributed by atoms with Gasteiger partial charge in [0.1, 0.15) is 11.8 Å². The molecule has 0 saturated heterocycles. The highest BCUT2D eigenvalue weighted by atomic mass is 32.2. The van der Waals surface area contributed by atoms with Crippen LogP contribution in [0, 0.1) is 0 Å². The zero-order valence-corrected chi connectivity index (χ0v) is 16.9. The second-order valence-electron chi connectivity index (χ2n) is 6.17. The maximum Gasteiger partial charge on any atom is 0.248 e. The molecule has 0 fully saturated rings. The SMILES string of the molecule is CCOc1ccccc1NC(=O)C(C)N(c1ccc(CC)cc1)S(C)(=O)=O. The molecule has 1 N–H and O–H groups in total. The van der Waals surface area contributed by atoms with Crippen LogP contribution in [0.1, 0.15) is 26.3 Å². The third-order valence-corrected chi connectivity index (χ3v) is 5.37. The summed E-state index contributed by atoms with van der Waals surface area (Å²) in [6, 6.07) is 13.3. The molecule has 0 aliphatic heterocycles. The van der Waals surface area contributed by atoms with E-state index in [1.165, 1.54) is 0 Å². The molecule has 0 spiro atoms. The molecule has 2 aromatic carbocycles. The summed E-state index contributed by atoms with van der Waals surface area (Å²) in [7, 11) is -3.65. The normalized spacial score (nSPS) is 12.3. The smallest absolute Gasteiger partial charge is 0.248 e. The van der Waals surface area contributed by atoms with E-state index in [4.69, 9.17) is 4.74 Å². The van der Waals surface area contributed by atoms with E-state index in [2.05, 4.69) is 5.32 Å². The van der Waals surface area contributed by atoms with Gasteiger partial charge in [0.15, 0.2) is 0 Å². The molecule has 2 rings (SSSR count). The van der Waals surface area contributed by atoms with Gasteiger partial charge in [0.2, 0.25) is 15.9 Å². The molecule has 0 aliphatic carbocycles. The van der Waals surface area contributed by atoms with E-state index in [0.29, 0.717) is 23.7 Å². The van der Waals surface area contributed by atoms with Crippen LogP contribution in [0.2, 0.25) is 0 Å². The van der Waals surface area contributed by atoms with Gasteiger partial charge in [0, 0.05) is 0 Å². The van der Waals surface area contributed by atoms with Gasteiger partial charge in [-0.3, -0.25) is 9.10 Å². The van der Waals surface area contributed by atoms with Gasteiger partial charge in [-0.2, -0.15) is 0 Å². The van der Waals surface area contributed by atoms with Crippen LogP contribution in [-0.2, 0) is 21.2 Å². The topological polar surface area (TPSA) is 75.7 Å². The molecule has 0 bridgehead atoms. The minimum absolute atomic E-state index is 0.438. The van der Waals surface area contributed by atoms with Crippen LogP contribution in [0.3, 0.4) is 0 Å². The lowest BCUT2D eigenvalue weighted by Crippen LogP contribution is -2.45. The zero-order valence-electron chi connectivity index (χ0n) is 16.1. The minimum Gasteiger partial charge on any atom is -0.492 e. The van der Waals surface area contributed by atoms with Crippen molar-refractivity contribution in [2.45, 2.75) is 33.2 Å². The van der Waals surface area contributed by atoms with E-state index in [1.807, 2.05) is 32.0 Å². The summed E-state index contributed by atoms with van der Waals surface area (Å²) in [4.78, 5) is 12.8. The van der Waals surface area contributed by atoms with Crippen LogP contribution in [0.4, 0.5) is 11.4 Å². The van der Waals surface area contributed by atoms with Crippen molar-refractivity contribution < 1.29 is 17.9 Å². The standard InChI is InChI=1S/C20H26N2O4S/c1-5-16-11-13-17(14-12-16)22(27(4,24)25)15(3)20(23)21-18-9-7-8-10-19(18)26-6-2/h7-15H,5-6H2,1-4H3,(H,21,23). The number of aryl methyl sites for hydroxylation is 1. The lowest BCUT2D eigenvalue weighted by molar-refractivity contribution is -0.116. The van der Waals surface area contributed by atoms with Crippen molar-refractivity contribution in [2.75, 3.05) is 22.5 Å². The zero-order chi connectivity index (χ0) is 20.0. The summed E-state index contributed by atoms with van der Waals surface area (Å²) in [5.74, 6) is 0.103. The van der Waals surface area contributed by atoms with Crippen molar-refractivity contribution in [1.82, 2.24) is 0 Å². The number of rotatable bonds is 8. The number of ether oxygens (including phenoxy) is 1. The molecule has 0 heterocycles. The molecule has 6 nitrogen and oxygen atoms in total. The van der Waals surface area contributed by atoms with Gasteiger partial charge in [-0.05, 0) is 50.1 Å². The van der Waals surface area contributed by atoms with Crippen molar-refractivity contribution in [3.05, 3.63) is 54.1 Å². The average molecular weight is 391 g/mol. The van der Waals surface area contributed by atoms with Crippen molar-refractivity contribution in [3.63, 3.8) is 0 Å². The fourth-order valence-electron chi connectivity index (χ4n) is 2.78. The van der Waals surface area contributed by atoms with Gasteiger partial charge >= 0.3 is 0 Å². The van der Waals surface area contributed by atoms with Gasteiger partial charge < -0.3 is 10.1 Å². The van der Waals surface area contributed by atoms with E-state index in [1.54, 1.807) is 37.3 Å². The second-order valence-corrected chi connectivity index (χ2v) is 8.03. The van der Waals surface area contributed by atoms with Crippen LogP contribution in [0.25, 0.3) is 0 Å². The van der Waals surface area contributed by atoms with Crippen LogP contribution < -0.4 is 14.4 Å². The number of nitrogens with zero attached hydrogens (tertiary/aromatic N) is 1. The number of anilines is 2. The monoisotopic (exact) mass is 390 g/mol. The summed E-state index contributed by atoms with van der Waals surface area (Å²) in [5, 5.41) is 2.77. The number of carbonyl (C=O) groups excluding carboxylic acids is 1. The molecule has 0 radical (unpaired) electrons. The molecular weight excluding hydrogens is 364 g/mol. The first-order chi connectivity index (χ1) is 12.8. The van der Waals surface area contributed by atoms with E-state index >= 15 is 0 Å². The summed E-state index contributed by atoms with van der Waals surface area (Å²) in [6.45, 7) is 5.90. The minimum atomic E-state index is -3.65.